The van der Waals surface area contributed by atoms with E-state index in [1.807, 2.05) is 0 Å². The second-order valence-corrected chi connectivity index (χ2v) is 7.05. The summed E-state index contributed by atoms with van der Waals surface area (Å²) in [7, 11) is -2.01. The van der Waals surface area contributed by atoms with E-state index >= 15 is 0 Å². The van der Waals surface area contributed by atoms with Crippen LogP contribution in [0, 0.1) is 11.8 Å². The molecule has 1 saturated carbocycles. The van der Waals surface area contributed by atoms with Crippen molar-refractivity contribution in [2.75, 3.05) is 20.2 Å². The van der Waals surface area contributed by atoms with Crippen LogP contribution < -0.4 is 14.8 Å². The molecule has 0 amide bonds. The molecule has 5 nitrogen and oxygen atoms in total. The summed E-state index contributed by atoms with van der Waals surface area (Å²) in [6, 6.07) is 4.54. The predicted molar refractivity (Wildman–Crippen MR) is 79.2 cm³/mol. The Balaban J connectivity index is 0.00000147. The first-order valence-electron chi connectivity index (χ1n) is 6.09. The maximum atomic E-state index is 12.2. The number of halogens is 2. The number of methoxy groups -OCH3 is 1. The second-order valence-electron chi connectivity index (χ2n) is 4.93. The summed E-state index contributed by atoms with van der Waals surface area (Å²) in [6.07, 6.45) is 0. The third-order valence-corrected chi connectivity index (χ3v) is 5.57. The minimum atomic E-state index is -3.50. The smallest absolute Gasteiger partial charge is 0.240 e. The Labute approximate surface area is 129 Å². The SMILES string of the molecule is COc1ccc(S(=O)(=O)NC2C3CNCC32)cc1Cl.Cl. The van der Waals surface area contributed by atoms with Crippen LogP contribution in [0.15, 0.2) is 23.1 Å². The molecule has 0 bridgehead atoms. The molecule has 0 spiro atoms. The Kier molecular flexibility index (Phi) is 4.51. The minimum absolute atomic E-state index is 0. The van der Waals surface area contributed by atoms with Crippen LogP contribution in [-0.2, 0) is 10.0 Å². The highest BCUT2D eigenvalue weighted by molar-refractivity contribution is 7.89. The summed E-state index contributed by atoms with van der Waals surface area (Å²) >= 11 is 5.96. The molecule has 1 saturated heterocycles. The van der Waals surface area contributed by atoms with Crippen LogP contribution in [0.5, 0.6) is 5.75 Å². The van der Waals surface area contributed by atoms with E-state index in [-0.39, 0.29) is 23.3 Å². The molecule has 0 radical (unpaired) electrons. The number of hydrogen-bond acceptors (Lipinski definition) is 4. The van der Waals surface area contributed by atoms with Gasteiger partial charge in [-0.2, -0.15) is 0 Å². The largest absolute Gasteiger partial charge is 0.495 e. The normalized spacial score (nSPS) is 27.6. The lowest BCUT2D eigenvalue weighted by atomic mass is 10.3. The number of ether oxygens (including phenoxy) is 1. The maximum Gasteiger partial charge on any atom is 0.240 e. The van der Waals surface area contributed by atoms with Gasteiger partial charge < -0.3 is 10.1 Å². The van der Waals surface area contributed by atoms with Crippen LogP contribution in [0.25, 0.3) is 0 Å². The van der Waals surface area contributed by atoms with E-state index in [0.717, 1.165) is 13.1 Å². The van der Waals surface area contributed by atoms with Gasteiger partial charge in [0.2, 0.25) is 10.0 Å². The highest BCUT2D eigenvalue weighted by atomic mass is 35.5. The van der Waals surface area contributed by atoms with E-state index in [0.29, 0.717) is 22.6 Å². The molecule has 8 heteroatoms. The number of fused-ring (bicyclic) bond motifs is 1. The molecule has 1 aromatic carbocycles. The third kappa shape index (κ3) is 2.76. The maximum absolute atomic E-state index is 12.2. The van der Waals surface area contributed by atoms with Gasteiger partial charge in [0.1, 0.15) is 5.75 Å². The quantitative estimate of drug-likeness (QED) is 0.867. The van der Waals surface area contributed by atoms with Crippen molar-refractivity contribution in [2.24, 2.45) is 11.8 Å². The fourth-order valence-corrected chi connectivity index (χ4v) is 4.34. The summed E-state index contributed by atoms with van der Waals surface area (Å²) in [5.74, 6) is 1.33. The van der Waals surface area contributed by atoms with Crippen molar-refractivity contribution in [1.82, 2.24) is 10.0 Å². The van der Waals surface area contributed by atoms with E-state index in [2.05, 4.69) is 10.0 Å². The molecule has 0 aromatic heterocycles. The van der Waals surface area contributed by atoms with Crippen molar-refractivity contribution in [3.05, 3.63) is 23.2 Å². The first-order chi connectivity index (χ1) is 9.03. The number of piperidine rings is 1. The summed E-state index contributed by atoms with van der Waals surface area (Å²) in [5.41, 5.74) is 0. The van der Waals surface area contributed by atoms with Crippen molar-refractivity contribution in [3.63, 3.8) is 0 Å². The fraction of sp³-hybridized carbons (Fsp3) is 0.500. The van der Waals surface area contributed by atoms with E-state index in [1.54, 1.807) is 6.07 Å². The highest BCUT2D eigenvalue weighted by Gasteiger charge is 2.54. The second kappa shape index (κ2) is 5.69. The van der Waals surface area contributed by atoms with Crippen LogP contribution in [0.2, 0.25) is 5.02 Å². The molecule has 2 fully saturated rings. The summed E-state index contributed by atoms with van der Waals surface area (Å²) in [4.78, 5) is 0.177. The lowest BCUT2D eigenvalue weighted by Gasteiger charge is -2.10. The molecular weight excluding hydrogens is 323 g/mol. The fourth-order valence-electron chi connectivity index (χ4n) is 2.65. The van der Waals surface area contributed by atoms with Crippen LogP contribution >= 0.6 is 24.0 Å². The van der Waals surface area contributed by atoms with Gasteiger partial charge in [-0.05, 0) is 43.1 Å². The Morgan fingerprint density at radius 3 is 2.55 bits per heavy atom. The van der Waals surface area contributed by atoms with Crippen molar-refractivity contribution < 1.29 is 13.2 Å². The Morgan fingerprint density at radius 1 is 1.35 bits per heavy atom. The number of sulfonamides is 1. The Hall–Kier alpha value is -0.530. The molecule has 20 heavy (non-hydrogen) atoms. The lowest BCUT2D eigenvalue weighted by molar-refractivity contribution is 0.414. The van der Waals surface area contributed by atoms with Gasteiger partial charge in [-0.3, -0.25) is 0 Å². The van der Waals surface area contributed by atoms with Gasteiger partial charge in [-0.1, -0.05) is 11.6 Å². The molecule has 2 atom stereocenters. The van der Waals surface area contributed by atoms with E-state index in [1.165, 1.54) is 19.2 Å². The molecule has 1 aliphatic carbocycles. The number of nitrogens with one attached hydrogen (secondary N) is 2. The van der Waals surface area contributed by atoms with Gasteiger partial charge in [-0.15, -0.1) is 12.4 Å². The zero-order chi connectivity index (χ0) is 13.6. The van der Waals surface area contributed by atoms with Gasteiger partial charge in [0, 0.05) is 6.04 Å². The zero-order valence-corrected chi connectivity index (χ0v) is 13.2. The van der Waals surface area contributed by atoms with Gasteiger partial charge >= 0.3 is 0 Å². The Morgan fingerprint density at radius 2 is 2.00 bits per heavy atom. The van der Waals surface area contributed by atoms with E-state index in [4.69, 9.17) is 16.3 Å². The van der Waals surface area contributed by atoms with Gasteiger partial charge in [0.15, 0.2) is 0 Å². The number of benzene rings is 1. The number of hydrogen-bond donors (Lipinski definition) is 2. The average molecular weight is 339 g/mol. The summed E-state index contributed by atoms with van der Waals surface area (Å²) in [5, 5.41) is 3.52. The van der Waals surface area contributed by atoms with Crippen molar-refractivity contribution in [3.8, 4) is 5.75 Å². The minimum Gasteiger partial charge on any atom is -0.495 e. The monoisotopic (exact) mass is 338 g/mol. The van der Waals surface area contributed by atoms with Gasteiger partial charge in [0.05, 0.1) is 17.0 Å². The van der Waals surface area contributed by atoms with E-state index in [9.17, 15) is 8.42 Å². The molecule has 3 rings (SSSR count). The van der Waals surface area contributed by atoms with E-state index < -0.39 is 10.0 Å². The average Bonchev–Trinajstić information content (AvgIpc) is 2.82. The zero-order valence-electron chi connectivity index (χ0n) is 10.8. The molecular formula is C12H16Cl2N2O3S. The molecule has 1 aromatic rings. The van der Waals surface area contributed by atoms with Gasteiger partial charge in [0.25, 0.3) is 0 Å². The highest BCUT2D eigenvalue weighted by Crippen LogP contribution is 2.42. The topological polar surface area (TPSA) is 67.4 Å². The van der Waals surface area contributed by atoms with Crippen molar-refractivity contribution in [2.45, 2.75) is 10.9 Å². The lowest BCUT2D eigenvalue weighted by Crippen LogP contribution is -2.32. The number of rotatable bonds is 4. The first-order valence-corrected chi connectivity index (χ1v) is 7.95. The third-order valence-electron chi connectivity index (χ3n) is 3.82. The van der Waals surface area contributed by atoms with Crippen LogP contribution in [0.1, 0.15) is 0 Å². The molecule has 2 N–H and O–H groups in total. The molecule has 2 unspecified atom stereocenters. The van der Waals surface area contributed by atoms with Crippen molar-refractivity contribution >= 4 is 34.0 Å². The molecule has 2 aliphatic rings. The van der Waals surface area contributed by atoms with Crippen molar-refractivity contribution in [1.29, 1.82) is 0 Å². The summed E-state index contributed by atoms with van der Waals surface area (Å²) < 4.78 is 32.2. The summed E-state index contributed by atoms with van der Waals surface area (Å²) in [6.45, 7) is 1.78. The molecule has 112 valence electrons. The van der Waals surface area contributed by atoms with Crippen LogP contribution in [0.4, 0.5) is 0 Å². The Bertz CT molecular complexity index is 599. The first kappa shape index (κ1) is 15.9. The molecule has 1 aliphatic heterocycles. The van der Waals surface area contributed by atoms with Crippen LogP contribution in [0.3, 0.4) is 0 Å². The van der Waals surface area contributed by atoms with Crippen LogP contribution in [-0.4, -0.2) is 34.7 Å². The van der Waals surface area contributed by atoms with Gasteiger partial charge in [-0.25, -0.2) is 13.1 Å². The standard InChI is InChI=1S/C12H15ClN2O3S.ClH/c1-18-11-3-2-7(4-10(11)13)19(16,17)15-12-8-5-14-6-9(8)12;/h2-4,8-9,12,14-15H,5-6H2,1H3;1H. The predicted octanol–water partition coefficient (Wildman–Crippen LogP) is 1.27. The molecule has 1 heterocycles.